The van der Waals surface area contributed by atoms with Crippen LogP contribution in [0.1, 0.15) is 59.8 Å². The molecule has 106 valence electrons. The maximum atomic E-state index is 11.9. The second-order valence-corrected chi connectivity index (χ2v) is 6.34. The third-order valence-electron chi connectivity index (χ3n) is 3.82. The lowest BCUT2D eigenvalue weighted by Crippen LogP contribution is -2.47. The van der Waals surface area contributed by atoms with E-state index in [9.17, 15) is 4.79 Å². The van der Waals surface area contributed by atoms with Crippen LogP contribution in [0.2, 0.25) is 0 Å². The number of hydrogen-bond donors (Lipinski definition) is 2. The maximum Gasteiger partial charge on any atom is 0.236 e. The third kappa shape index (κ3) is 5.85. The molecule has 3 unspecified atom stereocenters. The van der Waals surface area contributed by atoms with E-state index in [0.717, 1.165) is 12.5 Å². The molecule has 3 heteroatoms. The van der Waals surface area contributed by atoms with Gasteiger partial charge in [0.15, 0.2) is 0 Å². The molecule has 3 nitrogen and oxygen atoms in total. The molecular weight excluding hydrogens is 224 g/mol. The lowest BCUT2D eigenvalue weighted by molar-refractivity contribution is -0.123. The summed E-state index contributed by atoms with van der Waals surface area (Å²) in [5.41, 5.74) is 0. The van der Waals surface area contributed by atoms with E-state index in [-0.39, 0.29) is 11.9 Å². The van der Waals surface area contributed by atoms with Gasteiger partial charge in [-0.1, -0.05) is 33.6 Å². The fraction of sp³-hybridized carbons (Fsp3) is 0.933. The molecule has 1 amide bonds. The van der Waals surface area contributed by atoms with Crippen molar-refractivity contribution in [1.82, 2.24) is 10.6 Å². The Morgan fingerprint density at radius 2 is 1.89 bits per heavy atom. The van der Waals surface area contributed by atoms with Crippen LogP contribution in [0.3, 0.4) is 0 Å². The van der Waals surface area contributed by atoms with Crippen molar-refractivity contribution in [1.29, 1.82) is 0 Å². The van der Waals surface area contributed by atoms with Gasteiger partial charge in [-0.15, -0.1) is 0 Å². The molecule has 0 radical (unpaired) electrons. The molecule has 1 rings (SSSR count). The minimum atomic E-state index is -0.0674. The Hall–Kier alpha value is -0.570. The summed E-state index contributed by atoms with van der Waals surface area (Å²) < 4.78 is 0. The van der Waals surface area contributed by atoms with Crippen LogP contribution in [-0.2, 0) is 4.79 Å². The van der Waals surface area contributed by atoms with E-state index < -0.39 is 0 Å². The third-order valence-corrected chi connectivity index (χ3v) is 3.82. The van der Waals surface area contributed by atoms with Crippen LogP contribution in [0.5, 0.6) is 0 Å². The van der Waals surface area contributed by atoms with Crippen LogP contribution >= 0.6 is 0 Å². The predicted octanol–water partition coefficient (Wildman–Crippen LogP) is 2.71. The summed E-state index contributed by atoms with van der Waals surface area (Å²) in [4.78, 5) is 11.9. The number of rotatable bonds is 5. The van der Waals surface area contributed by atoms with Gasteiger partial charge in [0.05, 0.1) is 6.04 Å². The maximum absolute atomic E-state index is 11.9. The van der Waals surface area contributed by atoms with Gasteiger partial charge in [-0.2, -0.15) is 0 Å². The Balaban J connectivity index is 2.29. The van der Waals surface area contributed by atoms with Crippen molar-refractivity contribution in [2.24, 2.45) is 11.8 Å². The average Bonchev–Trinajstić information content (AvgIpc) is 2.51. The van der Waals surface area contributed by atoms with Crippen LogP contribution < -0.4 is 10.6 Å². The first-order valence-electron chi connectivity index (χ1n) is 7.52. The van der Waals surface area contributed by atoms with E-state index in [2.05, 4.69) is 31.4 Å². The highest BCUT2D eigenvalue weighted by Crippen LogP contribution is 2.22. The second kappa shape index (κ2) is 7.78. The first-order chi connectivity index (χ1) is 8.49. The first kappa shape index (κ1) is 15.5. The Morgan fingerprint density at radius 3 is 2.56 bits per heavy atom. The minimum Gasteiger partial charge on any atom is -0.354 e. The smallest absolute Gasteiger partial charge is 0.236 e. The van der Waals surface area contributed by atoms with Crippen molar-refractivity contribution in [2.75, 3.05) is 6.54 Å². The molecule has 0 aliphatic heterocycles. The molecule has 0 heterocycles. The highest BCUT2D eigenvalue weighted by molar-refractivity contribution is 5.81. The van der Waals surface area contributed by atoms with Crippen LogP contribution in [-0.4, -0.2) is 24.5 Å². The highest BCUT2D eigenvalue weighted by atomic mass is 16.2. The van der Waals surface area contributed by atoms with Gasteiger partial charge in [0.1, 0.15) is 0 Å². The summed E-state index contributed by atoms with van der Waals surface area (Å²) in [6.45, 7) is 9.31. The lowest BCUT2D eigenvalue weighted by atomic mass is 10.0. The highest BCUT2D eigenvalue weighted by Gasteiger charge is 2.20. The van der Waals surface area contributed by atoms with Crippen molar-refractivity contribution >= 4 is 5.91 Å². The van der Waals surface area contributed by atoms with Crippen molar-refractivity contribution in [3.8, 4) is 0 Å². The molecule has 18 heavy (non-hydrogen) atoms. The Labute approximate surface area is 112 Å². The summed E-state index contributed by atoms with van der Waals surface area (Å²) >= 11 is 0. The largest absolute Gasteiger partial charge is 0.354 e. The minimum absolute atomic E-state index is 0.0674. The Bertz CT molecular complexity index is 253. The SMILES string of the molecule is CC(C)CNC(=O)C(C)NC1CCCC(C)CC1. The van der Waals surface area contributed by atoms with Crippen molar-refractivity contribution in [3.05, 3.63) is 0 Å². The molecule has 1 saturated carbocycles. The molecule has 0 bridgehead atoms. The molecule has 0 aromatic heterocycles. The van der Waals surface area contributed by atoms with Gasteiger partial charge in [-0.3, -0.25) is 4.79 Å². The number of hydrogen-bond acceptors (Lipinski definition) is 2. The van der Waals surface area contributed by atoms with E-state index in [4.69, 9.17) is 0 Å². The zero-order valence-electron chi connectivity index (χ0n) is 12.5. The average molecular weight is 254 g/mol. The zero-order chi connectivity index (χ0) is 13.5. The van der Waals surface area contributed by atoms with Crippen LogP contribution in [0, 0.1) is 11.8 Å². The number of carbonyl (C=O) groups excluding carboxylic acids is 1. The normalized spacial score (nSPS) is 26.7. The fourth-order valence-electron chi connectivity index (χ4n) is 2.54. The molecule has 0 spiro atoms. The molecule has 1 aliphatic rings. The van der Waals surface area contributed by atoms with Crippen LogP contribution in [0.4, 0.5) is 0 Å². The monoisotopic (exact) mass is 254 g/mol. The summed E-state index contributed by atoms with van der Waals surface area (Å²) in [5.74, 6) is 1.50. The van der Waals surface area contributed by atoms with Gasteiger partial charge < -0.3 is 10.6 Å². The molecule has 0 aromatic carbocycles. The van der Waals surface area contributed by atoms with Crippen molar-refractivity contribution in [3.63, 3.8) is 0 Å². The Kier molecular flexibility index (Phi) is 6.69. The van der Waals surface area contributed by atoms with Gasteiger partial charge in [0.2, 0.25) is 5.91 Å². The van der Waals surface area contributed by atoms with Crippen molar-refractivity contribution < 1.29 is 4.79 Å². The number of carbonyl (C=O) groups is 1. The van der Waals surface area contributed by atoms with Gasteiger partial charge in [0, 0.05) is 12.6 Å². The van der Waals surface area contributed by atoms with E-state index in [0.29, 0.717) is 12.0 Å². The molecule has 1 fully saturated rings. The van der Waals surface area contributed by atoms with Gasteiger partial charge in [-0.25, -0.2) is 0 Å². The Morgan fingerprint density at radius 1 is 1.17 bits per heavy atom. The van der Waals surface area contributed by atoms with E-state index in [1.807, 2.05) is 6.92 Å². The molecule has 0 aromatic rings. The molecule has 1 aliphatic carbocycles. The number of nitrogens with one attached hydrogen (secondary N) is 2. The molecular formula is C15H30N2O. The van der Waals surface area contributed by atoms with E-state index in [1.54, 1.807) is 0 Å². The molecule has 0 saturated heterocycles. The summed E-state index contributed by atoms with van der Waals surface area (Å²) in [7, 11) is 0. The second-order valence-electron chi connectivity index (χ2n) is 6.34. The quantitative estimate of drug-likeness (QED) is 0.741. The van der Waals surface area contributed by atoms with Crippen LogP contribution in [0.15, 0.2) is 0 Å². The van der Waals surface area contributed by atoms with Crippen LogP contribution in [0.25, 0.3) is 0 Å². The summed E-state index contributed by atoms with van der Waals surface area (Å²) in [6, 6.07) is 0.455. The predicted molar refractivity (Wildman–Crippen MR) is 76.5 cm³/mol. The summed E-state index contributed by atoms with van der Waals surface area (Å²) in [6.07, 6.45) is 6.35. The number of amides is 1. The fourth-order valence-corrected chi connectivity index (χ4v) is 2.54. The standard InChI is InChI=1S/C15H30N2O/c1-11(2)10-16-15(18)13(4)17-14-7-5-6-12(3)8-9-14/h11-14,17H,5-10H2,1-4H3,(H,16,18). The topological polar surface area (TPSA) is 41.1 Å². The van der Waals surface area contributed by atoms with Gasteiger partial charge in [-0.05, 0) is 38.0 Å². The van der Waals surface area contributed by atoms with E-state index in [1.165, 1.54) is 32.1 Å². The first-order valence-corrected chi connectivity index (χ1v) is 7.52. The molecule has 3 atom stereocenters. The van der Waals surface area contributed by atoms with Gasteiger partial charge >= 0.3 is 0 Å². The molecule has 2 N–H and O–H groups in total. The van der Waals surface area contributed by atoms with Gasteiger partial charge in [0.25, 0.3) is 0 Å². The lowest BCUT2D eigenvalue weighted by Gasteiger charge is -2.22. The van der Waals surface area contributed by atoms with Crippen molar-refractivity contribution in [2.45, 2.75) is 71.9 Å². The zero-order valence-corrected chi connectivity index (χ0v) is 12.5. The van der Waals surface area contributed by atoms with E-state index >= 15 is 0 Å². The summed E-state index contributed by atoms with van der Waals surface area (Å²) in [5, 5.41) is 6.49.